The van der Waals surface area contributed by atoms with Crippen LogP contribution in [0.25, 0.3) is 5.69 Å². The highest BCUT2D eigenvalue weighted by atomic mass is 35.5. The van der Waals surface area contributed by atoms with E-state index in [2.05, 4.69) is 32.0 Å². The van der Waals surface area contributed by atoms with Gasteiger partial charge in [0.25, 0.3) is 5.91 Å². The minimum absolute atomic E-state index is 0.0621. The molecular formula is C28H26ClN7O2. The Hall–Kier alpha value is -4.42. The number of halogens is 1. The van der Waals surface area contributed by atoms with Gasteiger partial charge in [-0.1, -0.05) is 41.4 Å². The third-order valence-electron chi connectivity index (χ3n) is 6.38. The first-order valence-electron chi connectivity index (χ1n) is 12.4. The lowest BCUT2D eigenvalue weighted by atomic mass is 10.0. The number of aromatic nitrogens is 4. The minimum atomic E-state index is -0.339. The van der Waals surface area contributed by atoms with Gasteiger partial charge in [0.15, 0.2) is 5.69 Å². The van der Waals surface area contributed by atoms with Gasteiger partial charge in [0, 0.05) is 35.3 Å². The van der Waals surface area contributed by atoms with Crippen LogP contribution < -0.4 is 10.6 Å². The molecule has 1 fully saturated rings. The lowest BCUT2D eigenvalue weighted by Gasteiger charge is -2.11. The van der Waals surface area contributed by atoms with E-state index in [9.17, 15) is 14.9 Å². The number of benzene rings is 2. The summed E-state index contributed by atoms with van der Waals surface area (Å²) < 4.78 is 1.54. The van der Waals surface area contributed by atoms with Crippen molar-refractivity contribution >= 4 is 29.1 Å². The van der Waals surface area contributed by atoms with Crippen LogP contribution in [0.4, 0.5) is 5.82 Å². The van der Waals surface area contributed by atoms with E-state index >= 15 is 0 Å². The monoisotopic (exact) mass is 527 g/mol. The maximum atomic E-state index is 13.3. The molecule has 2 aromatic heterocycles. The molecule has 9 nitrogen and oxygen atoms in total. The third kappa shape index (κ3) is 5.45. The molecule has 5 rings (SSSR count). The largest absolute Gasteiger partial charge is 0.369 e. The van der Waals surface area contributed by atoms with Crippen LogP contribution in [0.2, 0.25) is 5.02 Å². The van der Waals surface area contributed by atoms with Crippen molar-refractivity contribution < 1.29 is 9.59 Å². The molecule has 0 unspecified atom stereocenters. The lowest BCUT2D eigenvalue weighted by molar-refractivity contribution is 0.0948. The molecule has 0 spiro atoms. The maximum Gasteiger partial charge on any atom is 0.271 e. The van der Waals surface area contributed by atoms with E-state index in [-0.39, 0.29) is 22.9 Å². The van der Waals surface area contributed by atoms with Crippen molar-refractivity contribution in [2.45, 2.75) is 32.1 Å². The van der Waals surface area contributed by atoms with Crippen molar-refractivity contribution in [2.75, 3.05) is 18.4 Å². The van der Waals surface area contributed by atoms with Crippen LogP contribution in [0, 0.1) is 18.3 Å². The zero-order valence-corrected chi connectivity index (χ0v) is 21.5. The van der Waals surface area contributed by atoms with E-state index in [0.717, 1.165) is 24.1 Å². The van der Waals surface area contributed by atoms with Crippen LogP contribution in [0.5, 0.6) is 0 Å². The van der Waals surface area contributed by atoms with Crippen LogP contribution in [-0.4, -0.2) is 44.8 Å². The molecule has 1 aliphatic carbocycles. The SMILES string of the molecule is Cc1ccc(C(=O)c2nn(-c3ccc(Cl)cc3)c(NCCCNC(=O)c3cc(C4CC4)[nH]n3)c2C#N)cc1. The van der Waals surface area contributed by atoms with Gasteiger partial charge in [0.05, 0.1) is 5.69 Å². The average Bonchev–Trinajstić information content (AvgIpc) is 3.53. The average molecular weight is 528 g/mol. The fraction of sp³-hybridized carbons (Fsp3) is 0.250. The zero-order chi connectivity index (χ0) is 26.6. The molecule has 192 valence electrons. The second-order valence-electron chi connectivity index (χ2n) is 9.29. The fourth-order valence-corrected chi connectivity index (χ4v) is 4.23. The van der Waals surface area contributed by atoms with Crippen LogP contribution in [0.1, 0.15) is 68.5 Å². The summed E-state index contributed by atoms with van der Waals surface area (Å²) in [5.41, 5.74) is 3.73. The van der Waals surface area contributed by atoms with E-state index in [4.69, 9.17) is 11.6 Å². The summed E-state index contributed by atoms with van der Waals surface area (Å²) in [7, 11) is 0. The smallest absolute Gasteiger partial charge is 0.271 e. The highest BCUT2D eigenvalue weighted by Crippen LogP contribution is 2.39. The summed E-state index contributed by atoms with van der Waals surface area (Å²) in [4.78, 5) is 25.7. The van der Waals surface area contributed by atoms with Gasteiger partial charge in [-0.25, -0.2) is 4.68 Å². The Morgan fingerprint density at radius 3 is 2.55 bits per heavy atom. The first-order chi connectivity index (χ1) is 18.4. The molecule has 2 aromatic carbocycles. The highest BCUT2D eigenvalue weighted by molar-refractivity contribution is 6.30. The van der Waals surface area contributed by atoms with Crippen molar-refractivity contribution in [1.29, 1.82) is 5.26 Å². The summed E-state index contributed by atoms with van der Waals surface area (Å²) in [5.74, 6) is 0.325. The number of nitriles is 1. The Labute approximate surface area is 224 Å². The Balaban J connectivity index is 1.31. The Bertz CT molecular complexity index is 1510. The van der Waals surface area contributed by atoms with Crippen molar-refractivity contribution in [3.8, 4) is 11.8 Å². The summed E-state index contributed by atoms with van der Waals surface area (Å²) >= 11 is 6.06. The van der Waals surface area contributed by atoms with Crippen molar-refractivity contribution in [1.82, 2.24) is 25.3 Å². The summed E-state index contributed by atoms with van der Waals surface area (Å²) in [6, 6.07) is 18.1. The molecular weight excluding hydrogens is 502 g/mol. The second-order valence-corrected chi connectivity index (χ2v) is 9.72. The lowest BCUT2D eigenvalue weighted by Crippen LogP contribution is -2.26. The molecule has 10 heteroatoms. The van der Waals surface area contributed by atoms with E-state index in [1.54, 1.807) is 36.4 Å². The molecule has 0 aliphatic heterocycles. The summed E-state index contributed by atoms with van der Waals surface area (Å²) in [6.45, 7) is 2.78. The number of amides is 1. The van der Waals surface area contributed by atoms with E-state index in [0.29, 0.717) is 53.2 Å². The Kier molecular flexibility index (Phi) is 7.24. The summed E-state index contributed by atoms with van der Waals surface area (Å²) in [5, 5.41) is 28.2. The number of ketones is 1. The number of aromatic amines is 1. The molecule has 0 atom stereocenters. The predicted octanol–water partition coefficient (Wildman–Crippen LogP) is 4.77. The fourth-order valence-electron chi connectivity index (χ4n) is 4.10. The first-order valence-corrected chi connectivity index (χ1v) is 12.8. The maximum absolute atomic E-state index is 13.3. The number of carbonyl (C=O) groups is 2. The quantitative estimate of drug-likeness (QED) is 0.201. The van der Waals surface area contributed by atoms with Gasteiger partial charge < -0.3 is 10.6 Å². The van der Waals surface area contributed by atoms with Gasteiger partial charge in [-0.2, -0.15) is 15.5 Å². The molecule has 3 N–H and O–H groups in total. The van der Waals surface area contributed by atoms with E-state index in [1.807, 2.05) is 25.1 Å². The van der Waals surface area contributed by atoms with Crippen LogP contribution in [-0.2, 0) is 0 Å². The molecule has 38 heavy (non-hydrogen) atoms. The van der Waals surface area contributed by atoms with Crippen molar-refractivity contribution in [3.63, 3.8) is 0 Å². The number of rotatable bonds is 10. The molecule has 4 aromatic rings. The number of nitrogens with zero attached hydrogens (tertiary/aromatic N) is 4. The number of hydrogen-bond donors (Lipinski definition) is 3. The standard InChI is InChI=1S/C28H26ClN7O2/c1-17-3-5-19(6-4-17)26(37)25-22(16-30)27(36(35-25)21-11-9-20(29)10-12-21)31-13-2-14-32-28(38)24-15-23(33-34-24)18-7-8-18/h3-6,9-12,15,18,31H,2,7-8,13-14H2,1H3,(H,32,38)(H,33,34). The molecule has 2 heterocycles. The van der Waals surface area contributed by atoms with Gasteiger partial charge in [0.1, 0.15) is 23.1 Å². The van der Waals surface area contributed by atoms with Gasteiger partial charge in [-0.05, 0) is 56.5 Å². The van der Waals surface area contributed by atoms with Crippen molar-refractivity contribution in [2.24, 2.45) is 0 Å². The van der Waals surface area contributed by atoms with Crippen LogP contribution in [0.15, 0.2) is 54.6 Å². The number of aryl methyl sites for hydroxylation is 1. The van der Waals surface area contributed by atoms with Gasteiger partial charge >= 0.3 is 0 Å². The molecule has 1 aliphatic rings. The second kappa shape index (κ2) is 10.9. The molecule has 1 saturated carbocycles. The van der Waals surface area contributed by atoms with Crippen LogP contribution in [0.3, 0.4) is 0 Å². The van der Waals surface area contributed by atoms with Crippen LogP contribution >= 0.6 is 11.6 Å². The number of nitrogens with one attached hydrogen (secondary N) is 3. The molecule has 0 saturated heterocycles. The minimum Gasteiger partial charge on any atom is -0.369 e. The molecule has 0 radical (unpaired) electrons. The predicted molar refractivity (Wildman–Crippen MR) is 144 cm³/mol. The zero-order valence-electron chi connectivity index (χ0n) is 20.8. The van der Waals surface area contributed by atoms with E-state index in [1.165, 1.54) is 4.68 Å². The van der Waals surface area contributed by atoms with Gasteiger partial charge in [-0.3, -0.25) is 14.7 Å². The number of hydrogen-bond acceptors (Lipinski definition) is 6. The van der Waals surface area contributed by atoms with E-state index < -0.39 is 0 Å². The third-order valence-corrected chi connectivity index (χ3v) is 6.63. The topological polar surface area (TPSA) is 128 Å². The summed E-state index contributed by atoms with van der Waals surface area (Å²) in [6.07, 6.45) is 2.83. The van der Waals surface area contributed by atoms with Gasteiger partial charge in [-0.15, -0.1) is 0 Å². The first kappa shape index (κ1) is 25.2. The molecule has 1 amide bonds. The van der Waals surface area contributed by atoms with Gasteiger partial charge in [0.2, 0.25) is 5.78 Å². The Morgan fingerprint density at radius 1 is 1.13 bits per heavy atom. The number of H-pyrrole nitrogens is 1. The highest BCUT2D eigenvalue weighted by Gasteiger charge is 2.27. The van der Waals surface area contributed by atoms with Crippen molar-refractivity contribution in [3.05, 3.63) is 93.4 Å². The Morgan fingerprint density at radius 2 is 1.87 bits per heavy atom. The number of anilines is 1. The number of carbonyl (C=O) groups excluding carboxylic acids is 2. The molecule has 0 bridgehead atoms. The normalized spacial score (nSPS) is 12.7.